The van der Waals surface area contributed by atoms with Crippen LogP contribution in [-0.4, -0.2) is 25.0 Å². The molecule has 0 spiro atoms. The minimum Gasteiger partial charge on any atom is -0.496 e. The van der Waals surface area contributed by atoms with Gasteiger partial charge in [-0.25, -0.2) is 10.2 Å². The monoisotopic (exact) mass is 418 g/mol. The molecule has 1 amide bonds. The molecule has 0 fully saturated rings. The highest BCUT2D eigenvalue weighted by Crippen LogP contribution is 2.34. The van der Waals surface area contributed by atoms with E-state index in [9.17, 15) is 14.4 Å². The van der Waals surface area contributed by atoms with Crippen LogP contribution < -0.4 is 15.8 Å². The third kappa shape index (κ3) is 3.99. The smallest absolute Gasteiger partial charge is 0.348 e. The molecule has 1 heterocycles. The summed E-state index contributed by atoms with van der Waals surface area (Å²) in [6, 6.07) is 12.8. The average molecular weight is 418 g/mol. The first-order valence-corrected chi connectivity index (χ1v) is 9.88. The number of Topliss-reactive ketones (excluding diaryl/α,β-unsaturated/α-hetero) is 1. The standard InChI is InChI=1S/C24H22N2O5/c1-24(2)11-19(27)16-10-17(23(29)31-21(16)12-24)22(28)26-25-13-18-15-7-5-4-6-14(15)8-9-20(18)30-3/h4-10,13H,11-12H2,1-3H3,(H,26,28)/b25-13+. The van der Waals surface area contributed by atoms with Gasteiger partial charge in [-0.15, -0.1) is 0 Å². The van der Waals surface area contributed by atoms with Crippen LogP contribution in [0.4, 0.5) is 0 Å². The summed E-state index contributed by atoms with van der Waals surface area (Å²) in [5.41, 5.74) is 1.98. The molecule has 0 saturated heterocycles. The summed E-state index contributed by atoms with van der Waals surface area (Å²) in [5.74, 6) is 0.0303. The van der Waals surface area contributed by atoms with Gasteiger partial charge in [0.15, 0.2) is 5.78 Å². The minimum atomic E-state index is -0.792. The quantitative estimate of drug-likeness (QED) is 0.514. The Balaban J connectivity index is 1.61. The molecule has 1 aliphatic rings. The number of methoxy groups -OCH3 is 1. The topological polar surface area (TPSA) is 98.0 Å². The van der Waals surface area contributed by atoms with Gasteiger partial charge in [0.25, 0.3) is 5.91 Å². The summed E-state index contributed by atoms with van der Waals surface area (Å²) < 4.78 is 10.7. The van der Waals surface area contributed by atoms with Gasteiger partial charge in [-0.3, -0.25) is 9.59 Å². The number of ketones is 1. The molecule has 1 aromatic heterocycles. The van der Waals surface area contributed by atoms with Crippen molar-refractivity contribution in [2.75, 3.05) is 7.11 Å². The molecule has 0 bridgehead atoms. The van der Waals surface area contributed by atoms with Crippen molar-refractivity contribution < 1.29 is 18.7 Å². The van der Waals surface area contributed by atoms with Gasteiger partial charge in [-0.1, -0.05) is 44.2 Å². The molecule has 0 atom stereocenters. The van der Waals surface area contributed by atoms with E-state index in [4.69, 9.17) is 9.15 Å². The number of ether oxygens (including phenoxy) is 1. The highest BCUT2D eigenvalue weighted by molar-refractivity contribution is 6.04. The summed E-state index contributed by atoms with van der Waals surface area (Å²) in [7, 11) is 1.55. The van der Waals surface area contributed by atoms with Gasteiger partial charge in [-0.2, -0.15) is 5.10 Å². The van der Waals surface area contributed by atoms with Crippen LogP contribution >= 0.6 is 0 Å². The fraction of sp³-hybridized carbons (Fsp3) is 0.250. The molecule has 2 aromatic carbocycles. The second-order valence-electron chi connectivity index (χ2n) is 8.33. The Morgan fingerprint density at radius 2 is 1.94 bits per heavy atom. The molecule has 7 nitrogen and oxygen atoms in total. The Bertz CT molecular complexity index is 1290. The van der Waals surface area contributed by atoms with Crippen molar-refractivity contribution in [2.45, 2.75) is 26.7 Å². The maximum absolute atomic E-state index is 12.6. The Morgan fingerprint density at radius 3 is 2.71 bits per heavy atom. The molecule has 0 aliphatic heterocycles. The van der Waals surface area contributed by atoms with E-state index in [0.29, 0.717) is 29.9 Å². The van der Waals surface area contributed by atoms with Crippen molar-refractivity contribution in [2.24, 2.45) is 10.5 Å². The van der Waals surface area contributed by atoms with Crippen LogP contribution in [0, 0.1) is 5.41 Å². The Kier molecular flexibility index (Phi) is 5.19. The van der Waals surface area contributed by atoms with Gasteiger partial charge >= 0.3 is 5.63 Å². The van der Waals surface area contributed by atoms with Crippen molar-refractivity contribution in [3.63, 3.8) is 0 Å². The van der Waals surface area contributed by atoms with Gasteiger partial charge in [0.2, 0.25) is 0 Å². The van der Waals surface area contributed by atoms with Gasteiger partial charge in [-0.05, 0) is 28.3 Å². The van der Waals surface area contributed by atoms with Crippen LogP contribution in [0.2, 0.25) is 0 Å². The molecule has 0 saturated carbocycles. The summed E-state index contributed by atoms with van der Waals surface area (Å²) in [6.07, 6.45) is 2.25. The van der Waals surface area contributed by atoms with E-state index in [2.05, 4.69) is 10.5 Å². The van der Waals surface area contributed by atoms with Gasteiger partial charge in [0.05, 0.1) is 18.9 Å². The van der Waals surface area contributed by atoms with Crippen LogP contribution in [0.15, 0.2) is 56.8 Å². The van der Waals surface area contributed by atoms with Crippen LogP contribution in [0.5, 0.6) is 5.75 Å². The predicted molar refractivity (Wildman–Crippen MR) is 117 cm³/mol. The van der Waals surface area contributed by atoms with E-state index in [0.717, 1.165) is 10.8 Å². The maximum atomic E-state index is 12.6. The fourth-order valence-corrected chi connectivity index (χ4v) is 3.86. The molecule has 1 N–H and O–H groups in total. The molecular weight excluding hydrogens is 396 g/mol. The number of amides is 1. The molecule has 1 aliphatic carbocycles. The highest BCUT2D eigenvalue weighted by Gasteiger charge is 2.34. The number of carbonyl (C=O) groups is 2. The first-order valence-electron chi connectivity index (χ1n) is 9.88. The van der Waals surface area contributed by atoms with E-state index >= 15 is 0 Å². The second-order valence-corrected chi connectivity index (χ2v) is 8.33. The third-order valence-corrected chi connectivity index (χ3v) is 5.36. The normalized spacial score (nSPS) is 15.1. The maximum Gasteiger partial charge on any atom is 0.348 e. The number of hydrazone groups is 1. The third-order valence-electron chi connectivity index (χ3n) is 5.36. The Hall–Kier alpha value is -3.74. The van der Waals surface area contributed by atoms with E-state index in [1.165, 1.54) is 12.3 Å². The second kappa shape index (κ2) is 7.83. The Morgan fingerprint density at radius 1 is 1.16 bits per heavy atom. The van der Waals surface area contributed by atoms with Gasteiger partial charge in [0, 0.05) is 18.4 Å². The Labute approximate surface area is 178 Å². The number of fused-ring (bicyclic) bond motifs is 2. The summed E-state index contributed by atoms with van der Waals surface area (Å²) in [5, 5.41) is 5.90. The van der Waals surface area contributed by atoms with Gasteiger partial charge < -0.3 is 9.15 Å². The van der Waals surface area contributed by atoms with E-state index < -0.39 is 11.5 Å². The van der Waals surface area contributed by atoms with Crippen LogP contribution in [0.1, 0.15) is 52.3 Å². The SMILES string of the molecule is COc1ccc2ccccc2c1/C=N/NC(=O)c1cc2c(oc1=O)CC(C)(C)CC2=O. The molecule has 4 rings (SSSR count). The van der Waals surface area contributed by atoms with Crippen LogP contribution in [-0.2, 0) is 6.42 Å². The van der Waals surface area contributed by atoms with E-state index in [1.807, 2.05) is 50.2 Å². The number of carbonyl (C=O) groups excluding carboxylic acids is 2. The zero-order chi connectivity index (χ0) is 22.2. The molecule has 0 unspecified atom stereocenters. The summed E-state index contributed by atoms with van der Waals surface area (Å²) in [6.45, 7) is 3.87. The lowest BCUT2D eigenvalue weighted by atomic mass is 9.76. The molecule has 3 aromatic rings. The zero-order valence-electron chi connectivity index (χ0n) is 17.5. The van der Waals surface area contributed by atoms with E-state index in [-0.39, 0.29) is 22.3 Å². The first kappa shape index (κ1) is 20.5. The fourth-order valence-electron chi connectivity index (χ4n) is 3.86. The number of benzene rings is 2. The lowest BCUT2D eigenvalue weighted by Gasteiger charge is -2.28. The summed E-state index contributed by atoms with van der Waals surface area (Å²) in [4.78, 5) is 37.4. The molecule has 7 heteroatoms. The molecule has 0 radical (unpaired) electrons. The van der Waals surface area contributed by atoms with Crippen molar-refractivity contribution in [1.29, 1.82) is 0 Å². The van der Waals surface area contributed by atoms with Crippen LogP contribution in [0.25, 0.3) is 10.8 Å². The van der Waals surface area contributed by atoms with Gasteiger partial charge in [0.1, 0.15) is 17.1 Å². The van der Waals surface area contributed by atoms with Crippen molar-refractivity contribution in [3.05, 3.63) is 75.3 Å². The minimum absolute atomic E-state index is 0.145. The molecule has 158 valence electrons. The number of nitrogens with one attached hydrogen (secondary N) is 1. The molecular formula is C24H22N2O5. The number of rotatable bonds is 4. The first-order chi connectivity index (χ1) is 14.8. The van der Waals surface area contributed by atoms with Crippen molar-refractivity contribution in [3.8, 4) is 5.75 Å². The highest BCUT2D eigenvalue weighted by atomic mass is 16.5. The van der Waals surface area contributed by atoms with Crippen LogP contribution in [0.3, 0.4) is 0 Å². The van der Waals surface area contributed by atoms with E-state index in [1.54, 1.807) is 7.11 Å². The average Bonchev–Trinajstić information content (AvgIpc) is 2.72. The lowest BCUT2D eigenvalue weighted by Crippen LogP contribution is -2.31. The largest absolute Gasteiger partial charge is 0.496 e. The lowest BCUT2D eigenvalue weighted by molar-refractivity contribution is 0.0896. The number of hydrogen-bond donors (Lipinski definition) is 1. The predicted octanol–water partition coefficient (Wildman–Crippen LogP) is 3.72. The summed E-state index contributed by atoms with van der Waals surface area (Å²) >= 11 is 0. The zero-order valence-corrected chi connectivity index (χ0v) is 17.5. The number of hydrogen-bond acceptors (Lipinski definition) is 6. The van der Waals surface area contributed by atoms with Crippen molar-refractivity contribution in [1.82, 2.24) is 5.43 Å². The molecule has 31 heavy (non-hydrogen) atoms. The van der Waals surface area contributed by atoms with Crippen molar-refractivity contribution >= 4 is 28.7 Å². The number of nitrogens with zero attached hydrogens (tertiary/aromatic N) is 1.